The molecule has 0 amide bonds. The summed E-state index contributed by atoms with van der Waals surface area (Å²) in [5.74, 6) is -1.69. The van der Waals surface area contributed by atoms with E-state index in [9.17, 15) is 43.5 Å². The van der Waals surface area contributed by atoms with Crippen LogP contribution in [0.25, 0.3) is 0 Å². The molecule has 0 radical (unpaired) electrons. The maximum Gasteiger partial charge on any atom is 0.472 e. The second kappa shape index (κ2) is 89.1. The minimum absolute atomic E-state index is 0.0292. The van der Waals surface area contributed by atoms with Crippen molar-refractivity contribution in [1.82, 2.24) is 0 Å². The minimum Gasteiger partial charge on any atom is -0.463 e. The molecule has 4 N–H and O–H groups in total. The minimum atomic E-state index is -4.97. The molecular formula is C99H160O16P2. The van der Waals surface area contributed by atoms with E-state index in [1.54, 1.807) is 0 Å². The van der Waals surface area contributed by atoms with Gasteiger partial charge in [-0.2, -0.15) is 0 Å². The maximum atomic E-state index is 13.0. The molecule has 0 aromatic heterocycles. The molecule has 5 atom stereocenters. The van der Waals surface area contributed by atoms with Crippen molar-refractivity contribution in [3.63, 3.8) is 0 Å². The second-order valence-corrected chi connectivity index (χ2v) is 32.2. The molecule has 117 heavy (non-hydrogen) atoms. The summed E-state index contributed by atoms with van der Waals surface area (Å²) in [6.07, 6.45) is 121. The third kappa shape index (κ3) is 90.5. The van der Waals surface area contributed by atoms with Gasteiger partial charge in [-0.3, -0.25) is 32.5 Å². The van der Waals surface area contributed by atoms with Gasteiger partial charge in [-0.1, -0.05) is 368 Å². The summed E-state index contributed by atoms with van der Waals surface area (Å²) in [5.41, 5.74) is 0. The molecule has 0 bridgehead atoms. The highest BCUT2D eigenvalue weighted by Gasteiger charge is 2.29. The highest BCUT2D eigenvalue weighted by molar-refractivity contribution is 7.47. The van der Waals surface area contributed by atoms with Gasteiger partial charge >= 0.3 is 33.6 Å². The van der Waals surface area contributed by atoms with Gasteiger partial charge in [0.05, 0.1) is 26.4 Å². The van der Waals surface area contributed by atoms with E-state index in [-0.39, 0.29) is 19.3 Å². The van der Waals surface area contributed by atoms with E-state index in [2.05, 4.69) is 221 Å². The Kier molecular flexibility index (Phi) is 84.5. The standard InChI is InChI=1S/C99H160O16P2/c1-4-7-10-13-16-19-22-25-28-31-34-36-38-40-42-44-45-46-47-49-51-52-54-56-59-61-64-67-70-73-76-79-82-85-97(102)109-88-94(100)89-111-116(105,106)112-90-95(101)91-113-117(107,108)114-93-96(115-99(104)87-84-81-78-75-72-69-66-63-58-33-30-27-24-21-18-15-12-9-6-3)92-110-98(103)86-83-80-77-74-71-68-65-62-60-57-55-53-50-48-43-41-39-37-35-32-29-26-23-20-17-14-11-8-5-2/h7-12,16-21,25-30,34-37,40-43,45-46,50,53,58,63,69,72,78,81,94-96,100-101H,4-6,13-15,22-24,31-33,38-39,44,47-49,51-52,54-57,59-62,64-68,70-71,73-77,79-80,82-93H2,1-3H3,(H,105,106)(H,107,108)/b10-7-,11-8-,12-9-,19-16-,20-17-,21-18-,28-25-,29-26-,30-27-,36-34-,37-35-,42-40-,43-41-,46-45-,53-50-,63-58-,72-69-,81-78-. The fourth-order valence-electron chi connectivity index (χ4n) is 11.5. The molecule has 0 rings (SSSR count). The molecule has 0 aliphatic carbocycles. The number of aliphatic hydroxyl groups is 2. The summed E-state index contributed by atoms with van der Waals surface area (Å²) in [4.78, 5) is 58.9. The van der Waals surface area contributed by atoms with Crippen molar-refractivity contribution in [3.05, 3.63) is 219 Å². The molecule has 0 fully saturated rings. The van der Waals surface area contributed by atoms with Crippen molar-refractivity contribution in [2.75, 3.05) is 39.6 Å². The summed E-state index contributed by atoms with van der Waals surface area (Å²) in [7, 11) is -9.85. The number of hydrogen-bond donors (Lipinski definition) is 4. The van der Waals surface area contributed by atoms with Crippen molar-refractivity contribution in [3.8, 4) is 0 Å². The Morgan fingerprint density at radius 3 is 0.709 bits per heavy atom. The van der Waals surface area contributed by atoms with E-state index in [4.69, 9.17) is 32.3 Å². The first kappa shape index (κ1) is 111. The number of phosphoric ester groups is 2. The molecule has 0 spiro atoms. The average molecular weight is 1670 g/mol. The van der Waals surface area contributed by atoms with Crippen LogP contribution in [0.3, 0.4) is 0 Å². The Balaban J connectivity index is 4.61. The Morgan fingerprint density at radius 2 is 0.444 bits per heavy atom. The number of hydrogen-bond acceptors (Lipinski definition) is 14. The molecule has 662 valence electrons. The van der Waals surface area contributed by atoms with Crippen LogP contribution in [-0.2, 0) is 55.8 Å². The first-order valence-corrected chi connectivity index (χ1v) is 48.0. The van der Waals surface area contributed by atoms with E-state index in [0.717, 1.165) is 167 Å². The third-order valence-corrected chi connectivity index (χ3v) is 20.1. The van der Waals surface area contributed by atoms with Crippen molar-refractivity contribution in [2.24, 2.45) is 0 Å². The van der Waals surface area contributed by atoms with Gasteiger partial charge in [0.2, 0.25) is 0 Å². The molecule has 0 aliphatic heterocycles. The summed E-state index contributed by atoms with van der Waals surface area (Å²) >= 11 is 0. The van der Waals surface area contributed by atoms with Gasteiger partial charge < -0.3 is 34.2 Å². The van der Waals surface area contributed by atoms with Crippen molar-refractivity contribution >= 4 is 33.6 Å². The predicted molar refractivity (Wildman–Crippen MR) is 490 cm³/mol. The van der Waals surface area contributed by atoms with Crippen LogP contribution in [-0.4, -0.2) is 95.9 Å². The smallest absolute Gasteiger partial charge is 0.463 e. The SMILES string of the molecule is CC/C=C\C/C=C\C/C=C\C/C=C\C/C=C\C/C=C\CCCCCCCCCCCCCCCCC(=O)OCC(O)COP(=O)(O)OCC(O)COP(=O)(O)OCC(COC(=O)CCCCCCCCCCCC/C=C\C/C=C\C/C=C\C/C=C\C/C=C\C/C=C\CC)OC(=O)CC/C=C\C/C=C\C/C=C\C/C=C\C/C=C\C/C=C\CC. The number of carbonyl (C=O) groups is 3. The summed E-state index contributed by atoms with van der Waals surface area (Å²) in [6, 6.07) is 0. The lowest BCUT2D eigenvalue weighted by atomic mass is 10.0. The van der Waals surface area contributed by atoms with Crippen LogP contribution >= 0.6 is 15.6 Å². The lowest BCUT2D eigenvalue weighted by Crippen LogP contribution is -2.29. The number of allylic oxidation sites excluding steroid dienone is 36. The molecule has 16 nitrogen and oxygen atoms in total. The molecule has 0 aliphatic rings. The Labute approximate surface area is 711 Å². The highest BCUT2D eigenvalue weighted by Crippen LogP contribution is 2.45. The number of ether oxygens (including phenoxy) is 3. The van der Waals surface area contributed by atoms with Crippen molar-refractivity contribution in [1.29, 1.82) is 0 Å². The van der Waals surface area contributed by atoms with Gasteiger partial charge in [0.25, 0.3) is 0 Å². The normalized spacial score (nSPS) is 14.8. The first-order valence-electron chi connectivity index (χ1n) is 45.0. The van der Waals surface area contributed by atoms with Crippen LogP contribution in [0.5, 0.6) is 0 Å². The maximum absolute atomic E-state index is 13.0. The summed E-state index contributed by atoms with van der Waals surface area (Å²) in [6.45, 7) is 2.25. The van der Waals surface area contributed by atoms with Gasteiger partial charge in [0, 0.05) is 19.3 Å². The average Bonchev–Trinajstić information content (AvgIpc) is 0.901. The van der Waals surface area contributed by atoms with E-state index in [1.165, 1.54) is 96.3 Å². The number of aliphatic hydroxyl groups excluding tert-OH is 2. The second-order valence-electron chi connectivity index (χ2n) is 29.3. The lowest BCUT2D eigenvalue weighted by Gasteiger charge is -2.21. The zero-order chi connectivity index (χ0) is 85.1. The van der Waals surface area contributed by atoms with Gasteiger partial charge in [0.1, 0.15) is 25.4 Å². The number of rotatable bonds is 83. The van der Waals surface area contributed by atoms with E-state index >= 15 is 0 Å². The molecule has 0 saturated carbocycles. The molecule has 0 aromatic carbocycles. The topological polar surface area (TPSA) is 231 Å². The molecule has 0 aromatic rings. The largest absolute Gasteiger partial charge is 0.472 e. The molecule has 0 heterocycles. The zero-order valence-electron chi connectivity index (χ0n) is 72.8. The Bertz CT molecular complexity index is 3010. The predicted octanol–water partition coefficient (Wildman–Crippen LogP) is 27.8. The highest BCUT2D eigenvalue weighted by atomic mass is 31.2. The van der Waals surface area contributed by atoms with E-state index in [0.29, 0.717) is 25.7 Å². The zero-order valence-corrected chi connectivity index (χ0v) is 74.6. The Hall–Kier alpha value is -6.13. The summed E-state index contributed by atoms with van der Waals surface area (Å²) in [5, 5.41) is 20.7. The van der Waals surface area contributed by atoms with Crippen LogP contribution in [0.4, 0.5) is 0 Å². The van der Waals surface area contributed by atoms with Crippen molar-refractivity contribution in [2.45, 2.75) is 347 Å². The van der Waals surface area contributed by atoms with Crippen LogP contribution < -0.4 is 0 Å². The van der Waals surface area contributed by atoms with Gasteiger partial charge in [0.15, 0.2) is 6.10 Å². The van der Waals surface area contributed by atoms with E-state index < -0.39 is 91.5 Å². The van der Waals surface area contributed by atoms with Gasteiger partial charge in [-0.05, 0) is 161 Å². The fourth-order valence-corrected chi connectivity index (χ4v) is 13.1. The lowest BCUT2D eigenvalue weighted by molar-refractivity contribution is -0.161. The number of phosphoric acid groups is 2. The Morgan fingerprint density at radius 1 is 0.239 bits per heavy atom. The number of carbonyl (C=O) groups excluding carboxylic acids is 3. The number of unbranched alkanes of at least 4 members (excludes halogenated alkanes) is 24. The van der Waals surface area contributed by atoms with Crippen LogP contribution in [0.1, 0.15) is 329 Å². The first-order chi connectivity index (χ1) is 57.2. The van der Waals surface area contributed by atoms with Crippen LogP contribution in [0, 0.1) is 0 Å². The van der Waals surface area contributed by atoms with Gasteiger partial charge in [-0.25, -0.2) is 9.13 Å². The fraction of sp³-hybridized carbons (Fsp3) is 0.606. The molecule has 18 heteroatoms. The van der Waals surface area contributed by atoms with E-state index in [1.807, 2.05) is 18.2 Å². The van der Waals surface area contributed by atoms with Gasteiger partial charge in [-0.15, -0.1) is 0 Å². The third-order valence-electron chi connectivity index (χ3n) is 18.2. The summed E-state index contributed by atoms with van der Waals surface area (Å²) < 4.78 is 61.3. The molecule has 5 unspecified atom stereocenters. The molecular weight excluding hydrogens is 1510 g/mol. The monoisotopic (exact) mass is 1670 g/mol. The molecule has 0 saturated heterocycles. The quantitative estimate of drug-likeness (QED) is 0.0146. The van der Waals surface area contributed by atoms with Crippen LogP contribution in [0.2, 0.25) is 0 Å². The van der Waals surface area contributed by atoms with Crippen molar-refractivity contribution < 1.29 is 75.8 Å². The van der Waals surface area contributed by atoms with Crippen LogP contribution in [0.15, 0.2) is 219 Å². The number of esters is 3.